The van der Waals surface area contributed by atoms with E-state index < -0.39 is 0 Å². The molecule has 1 unspecified atom stereocenters. The van der Waals surface area contributed by atoms with Gasteiger partial charge in [-0.1, -0.05) is 32.0 Å². The van der Waals surface area contributed by atoms with Crippen LogP contribution >= 0.6 is 0 Å². The number of fused-ring (bicyclic) bond motifs is 1. The molecule has 1 aromatic carbocycles. The number of aryl methyl sites for hydroxylation is 1. The summed E-state index contributed by atoms with van der Waals surface area (Å²) in [5, 5.41) is 4.46. The number of hydrogen-bond acceptors (Lipinski definition) is 2. The summed E-state index contributed by atoms with van der Waals surface area (Å²) in [5.74, 6) is 0.637. The molecule has 19 heavy (non-hydrogen) atoms. The van der Waals surface area contributed by atoms with Gasteiger partial charge in [-0.2, -0.15) is 5.10 Å². The molecule has 0 saturated heterocycles. The Morgan fingerprint density at radius 1 is 1.32 bits per heavy atom. The number of aromatic nitrogens is 2. The third-order valence-electron chi connectivity index (χ3n) is 3.85. The van der Waals surface area contributed by atoms with Crippen LogP contribution in [0.2, 0.25) is 0 Å². The minimum atomic E-state index is 0.231. The van der Waals surface area contributed by atoms with E-state index in [9.17, 15) is 4.79 Å². The second kappa shape index (κ2) is 4.65. The molecule has 98 valence electrons. The molecular formula is C16H18N2O. The fraction of sp³-hybridized carbons (Fsp3) is 0.375. The van der Waals surface area contributed by atoms with Crippen LogP contribution in [0.25, 0.3) is 5.69 Å². The number of nitrogens with zero attached hydrogens (tertiary/aromatic N) is 2. The molecular weight excluding hydrogens is 236 g/mol. The van der Waals surface area contributed by atoms with E-state index in [1.165, 1.54) is 5.56 Å². The van der Waals surface area contributed by atoms with Crippen molar-refractivity contribution >= 4 is 5.78 Å². The number of ketones is 1. The molecule has 0 radical (unpaired) electrons. The second-order valence-corrected chi connectivity index (χ2v) is 5.34. The molecule has 1 heterocycles. The smallest absolute Gasteiger partial charge is 0.166 e. The van der Waals surface area contributed by atoms with Gasteiger partial charge in [0.2, 0.25) is 0 Å². The molecule has 1 aliphatic rings. The topological polar surface area (TPSA) is 34.9 Å². The van der Waals surface area contributed by atoms with Crippen molar-refractivity contribution in [3.05, 3.63) is 47.3 Å². The first-order valence-corrected chi connectivity index (χ1v) is 6.89. The van der Waals surface area contributed by atoms with Crippen LogP contribution in [-0.2, 0) is 12.8 Å². The minimum Gasteiger partial charge on any atom is -0.294 e. The van der Waals surface area contributed by atoms with Crippen molar-refractivity contribution in [2.75, 3.05) is 0 Å². The molecule has 0 bridgehead atoms. The van der Waals surface area contributed by atoms with Gasteiger partial charge in [0.15, 0.2) is 5.78 Å². The van der Waals surface area contributed by atoms with E-state index in [2.05, 4.69) is 31.1 Å². The average molecular weight is 254 g/mol. The number of benzene rings is 1. The van der Waals surface area contributed by atoms with Crippen LogP contribution in [-0.4, -0.2) is 15.6 Å². The van der Waals surface area contributed by atoms with Gasteiger partial charge in [0.1, 0.15) is 0 Å². The highest BCUT2D eigenvalue weighted by Crippen LogP contribution is 2.28. The molecule has 0 amide bonds. The Bertz CT molecular complexity index is 627. The van der Waals surface area contributed by atoms with Crippen molar-refractivity contribution < 1.29 is 4.79 Å². The largest absolute Gasteiger partial charge is 0.294 e. The van der Waals surface area contributed by atoms with Crippen molar-refractivity contribution in [3.63, 3.8) is 0 Å². The zero-order chi connectivity index (χ0) is 13.4. The zero-order valence-electron chi connectivity index (χ0n) is 11.4. The summed E-state index contributed by atoms with van der Waals surface area (Å²) < 4.78 is 1.96. The Morgan fingerprint density at radius 2 is 2.11 bits per heavy atom. The van der Waals surface area contributed by atoms with Gasteiger partial charge < -0.3 is 0 Å². The summed E-state index contributed by atoms with van der Waals surface area (Å²) in [7, 11) is 0. The van der Waals surface area contributed by atoms with Gasteiger partial charge in [-0.05, 0) is 30.4 Å². The maximum atomic E-state index is 12.0. The summed E-state index contributed by atoms with van der Waals surface area (Å²) in [6.45, 7) is 4.27. The normalized spacial score (nSPS) is 18.4. The maximum Gasteiger partial charge on any atom is 0.166 e. The van der Waals surface area contributed by atoms with Gasteiger partial charge in [-0.25, -0.2) is 4.68 Å². The van der Waals surface area contributed by atoms with E-state index >= 15 is 0 Å². The van der Waals surface area contributed by atoms with Gasteiger partial charge in [0.05, 0.1) is 23.1 Å². The average Bonchev–Trinajstić information content (AvgIpc) is 2.82. The molecule has 3 heteroatoms. The third kappa shape index (κ3) is 1.99. The van der Waals surface area contributed by atoms with Crippen LogP contribution in [0.3, 0.4) is 0 Å². The van der Waals surface area contributed by atoms with Crippen LogP contribution < -0.4 is 0 Å². The van der Waals surface area contributed by atoms with E-state index in [0.29, 0.717) is 12.3 Å². The van der Waals surface area contributed by atoms with Gasteiger partial charge in [0, 0.05) is 6.42 Å². The number of carbonyl (C=O) groups is 1. The van der Waals surface area contributed by atoms with E-state index in [4.69, 9.17) is 0 Å². The molecule has 3 rings (SSSR count). The number of carbonyl (C=O) groups excluding carboxylic acids is 1. The SMILES string of the molecule is CCc1ccccc1-n1ncc2c1CC(C)CC2=O. The third-order valence-corrected chi connectivity index (χ3v) is 3.85. The first-order valence-electron chi connectivity index (χ1n) is 6.89. The summed E-state index contributed by atoms with van der Waals surface area (Å²) in [4.78, 5) is 12.0. The van der Waals surface area contributed by atoms with Crippen molar-refractivity contribution in [1.82, 2.24) is 9.78 Å². The van der Waals surface area contributed by atoms with E-state index in [1.54, 1.807) is 6.20 Å². The van der Waals surface area contributed by atoms with Crippen LogP contribution in [0.15, 0.2) is 30.5 Å². The van der Waals surface area contributed by atoms with Crippen LogP contribution in [0.1, 0.15) is 41.9 Å². The molecule has 0 saturated carbocycles. The van der Waals surface area contributed by atoms with E-state index in [0.717, 1.165) is 29.8 Å². The molecule has 0 fully saturated rings. The van der Waals surface area contributed by atoms with Gasteiger partial charge in [-0.3, -0.25) is 4.79 Å². The van der Waals surface area contributed by atoms with Crippen LogP contribution in [0, 0.1) is 5.92 Å². The first kappa shape index (κ1) is 12.2. The van der Waals surface area contributed by atoms with Crippen molar-refractivity contribution in [2.24, 2.45) is 5.92 Å². The quantitative estimate of drug-likeness (QED) is 0.825. The lowest BCUT2D eigenvalue weighted by molar-refractivity contribution is 0.0952. The highest BCUT2D eigenvalue weighted by molar-refractivity contribution is 5.98. The predicted octanol–water partition coefficient (Wildman–Crippen LogP) is 3.20. The Balaban J connectivity index is 2.15. The van der Waals surface area contributed by atoms with E-state index in [-0.39, 0.29) is 5.78 Å². The summed E-state index contributed by atoms with van der Waals surface area (Å²) in [6.07, 6.45) is 4.28. The highest BCUT2D eigenvalue weighted by atomic mass is 16.1. The summed E-state index contributed by atoms with van der Waals surface area (Å²) >= 11 is 0. The van der Waals surface area contributed by atoms with Crippen molar-refractivity contribution in [1.29, 1.82) is 0 Å². The van der Waals surface area contributed by atoms with Gasteiger partial charge in [-0.15, -0.1) is 0 Å². The molecule has 0 spiro atoms. The number of hydrogen-bond donors (Lipinski definition) is 0. The maximum absolute atomic E-state index is 12.0. The Kier molecular flexibility index (Phi) is 2.97. The van der Waals surface area contributed by atoms with Crippen molar-refractivity contribution in [3.8, 4) is 5.69 Å². The Morgan fingerprint density at radius 3 is 2.89 bits per heavy atom. The zero-order valence-corrected chi connectivity index (χ0v) is 11.4. The molecule has 1 aromatic heterocycles. The lowest BCUT2D eigenvalue weighted by Crippen LogP contribution is -2.19. The lowest BCUT2D eigenvalue weighted by atomic mass is 9.88. The first-order chi connectivity index (χ1) is 9.20. The number of Topliss-reactive ketones (excluding diaryl/α,β-unsaturated/α-hetero) is 1. The number of para-hydroxylation sites is 1. The molecule has 1 aliphatic carbocycles. The minimum absolute atomic E-state index is 0.231. The fourth-order valence-corrected chi connectivity index (χ4v) is 2.86. The standard InChI is InChI=1S/C16H18N2O/c1-3-12-6-4-5-7-14(12)18-15-8-11(2)9-16(19)13(15)10-17-18/h4-7,10-11H,3,8-9H2,1-2H3. The van der Waals surface area contributed by atoms with Crippen LogP contribution in [0.4, 0.5) is 0 Å². The molecule has 3 nitrogen and oxygen atoms in total. The van der Waals surface area contributed by atoms with Crippen LogP contribution in [0.5, 0.6) is 0 Å². The molecule has 1 atom stereocenters. The van der Waals surface area contributed by atoms with Gasteiger partial charge >= 0.3 is 0 Å². The number of rotatable bonds is 2. The van der Waals surface area contributed by atoms with E-state index in [1.807, 2.05) is 16.8 Å². The Hall–Kier alpha value is -1.90. The monoisotopic (exact) mass is 254 g/mol. The molecule has 2 aromatic rings. The van der Waals surface area contributed by atoms with Gasteiger partial charge in [0.25, 0.3) is 0 Å². The summed E-state index contributed by atoms with van der Waals surface area (Å²) in [6, 6.07) is 8.27. The second-order valence-electron chi connectivity index (χ2n) is 5.34. The van der Waals surface area contributed by atoms with Crippen molar-refractivity contribution in [2.45, 2.75) is 33.1 Å². The lowest BCUT2D eigenvalue weighted by Gasteiger charge is -2.19. The predicted molar refractivity (Wildman–Crippen MR) is 74.8 cm³/mol. The molecule has 0 aliphatic heterocycles. The molecule has 0 N–H and O–H groups in total. The highest BCUT2D eigenvalue weighted by Gasteiger charge is 2.27. The Labute approximate surface area is 113 Å². The fourth-order valence-electron chi connectivity index (χ4n) is 2.86. The summed E-state index contributed by atoms with van der Waals surface area (Å²) in [5.41, 5.74) is 4.25.